The lowest BCUT2D eigenvalue weighted by Crippen LogP contribution is -2.14. The van der Waals surface area contributed by atoms with Crippen molar-refractivity contribution in [3.05, 3.63) is 76.5 Å². The second-order valence-corrected chi connectivity index (χ2v) is 7.22. The molecule has 0 bridgehead atoms. The van der Waals surface area contributed by atoms with E-state index in [1.54, 1.807) is 56.3 Å². The summed E-state index contributed by atoms with van der Waals surface area (Å²) < 4.78 is 11.3. The third kappa shape index (κ3) is 3.43. The Kier molecular flexibility index (Phi) is 4.83. The van der Waals surface area contributed by atoms with Gasteiger partial charge >= 0.3 is 11.9 Å². The van der Waals surface area contributed by atoms with Crippen LogP contribution in [0.5, 0.6) is 5.75 Å². The zero-order valence-corrected chi connectivity index (χ0v) is 16.3. The summed E-state index contributed by atoms with van der Waals surface area (Å²) >= 11 is 0. The van der Waals surface area contributed by atoms with Gasteiger partial charge in [0.2, 0.25) is 0 Å². The summed E-state index contributed by atoms with van der Waals surface area (Å²) in [6.07, 6.45) is 0. The van der Waals surface area contributed by atoms with Gasteiger partial charge in [0.05, 0.1) is 11.5 Å². The number of carboxylic acids is 1. The SMILES string of the molecule is CC(C)C(=O)Oc1ccc2c(-c3ccccc3C(=O)O)c3ccc(=O)cc-3oc2c1. The summed E-state index contributed by atoms with van der Waals surface area (Å²) in [5.41, 5.74) is 2.02. The summed E-state index contributed by atoms with van der Waals surface area (Å²) in [4.78, 5) is 35.7. The quantitative estimate of drug-likeness (QED) is 0.299. The first-order valence-corrected chi connectivity index (χ1v) is 9.40. The number of aromatic carboxylic acids is 1. The van der Waals surface area contributed by atoms with Gasteiger partial charge in [-0.1, -0.05) is 32.0 Å². The first-order chi connectivity index (χ1) is 14.3. The molecule has 0 atom stereocenters. The van der Waals surface area contributed by atoms with E-state index in [0.29, 0.717) is 39.2 Å². The van der Waals surface area contributed by atoms with Crippen molar-refractivity contribution in [2.24, 2.45) is 5.92 Å². The monoisotopic (exact) mass is 402 g/mol. The molecule has 0 saturated heterocycles. The van der Waals surface area contributed by atoms with Crippen molar-refractivity contribution in [1.29, 1.82) is 0 Å². The highest BCUT2D eigenvalue weighted by atomic mass is 16.5. The fourth-order valence-corrected chi connectivity index (χ4v) is 3.33. The van der Waals surface area contributed by atoms with Crippen molar-refractivity contribution in [3.8, 4) is 28.2 Å². The molecule has 0 amide bonds. The average molecular weight is 402 g/mol. The molecule has 1 heterocycles. The Balaban J connectivity index is 2.04. The molecule has 0 radical (unpaired) electrons. The third-order valence-corrected chi connectivity index (χ3v) is 4.78. The molecule has 1 aliphatic carbocycles. The predicted octanol–water partition coefficient (Wildman–Crippen LogP) is 4.82. The van der Waals surface area contributed by atoms with Crippen molar-refractivity contribution in [2.75, 3.05) is 0 Å². The molecule has 2 aromatic rings. The van der Waals surface area contributed by atoms with Gasteiger partial charge in [-0.3, -0.25) is 9.59 Å². The van der Waals surface area contributed by atoms with Crippen LogP contribution in [0.15, 0.2) is 69.9 Å². The molecule has 1 aliphatic heterocycles. The Hall–Kier alpha value is -3.93. The van der Waals surface area contributed by atoms with E-state index in [2.05, 4.69) is 0 Å². The van der Waals surface area contributed by atoms with Crippen LogP contribution in [-0.2, 0) is 4.79 Å². The van der Waals surface area contributed by atoms with Crippen molar-refractivity contribution >= 4 is 22.9 Å². The Morgan fingerprint density at radius 1 is 0.967 bits per heavy atom. The fraction of sp³-hybridized carbons (Fsp3) is 0.125. The molecule has 2 aromatic carbocycles. The molecule has 6 heteroatoms. The first-order valence-electron chi connectivity index (χ1n) is 9.40. The Labute approximate surface area is 171 Å². The smallest absolute Gasteiger partial charge is 0.336 e. The van der Waals surface area contributed by atoms with Crippen molar-refractivity contribution < 1.29 is 23.8 Å². The highest BCUT2D eigenvalue weighted by Gasteiger charge is 2.22. The van der Waals surface area contributed by atoms with Crippen LogP contribution in [-0.4, -0.2) is 17.0 Å². The summed E-state index contributed by atoms with van der Waals surface area (Å²) in [5, 5.41) is 10.3. The van der Waals surface area contributed by atoms with Crippen LogP contribution in [0.1, 0.15) is 24.2 Å². The Morgan fingerprint density at radius 3 is 2.47 bits per heavy atom. The van der Waals surface area contributed by atoms with Gasteiger partial charge in [0.15, 0.2) is 5.43 Å². The Bertz CT molecular complexity index is 1310. The van der Waals surface area contributed by atoms with E-state index in [1.807, 2.05) is 0 Å². The number of fused-ring (bicyclic) bond motifs is 2. The fourth-order valence-electron chi connectivity index (χ4n) is 3.33. The third-order valence-electron chi connectivity index (χ3n) is 4.78. The highest BCUT2D eigenvalue weighted by molar-refractivity contribution is 6.07. The largest absolute Gasteiger partial charge is 0.478 e. The molecule has 0 aromatic heterocycles. The number of hydrogen-bond donors (Lipinski definition) is 1. The Morgan fingerprint density at radius 2 is 1.73 bits per heavy atom. The zero-order chi connectivity index (χ0) is 21.4. The van der Waals surface area contributed by atoms with Gasteiger partial charge in [-0.2, -0.15) is 0 Å². The predicted molar refractivity (Wildman–Crippen MR) is 112 cm³/mol. The standard InChI is InChI=1S/C24H18O6/c1-13(2)24(28)29-15-8-10-19-21(12-15)30-20-11-14(25)7-9-18(20)22(19)16-5-3-4-6-17(16)23(26)27/h3-13H,1-2H3,(H,26,27). The lowest BCUT2D eigenvalue weighted by atomic mass is 9.91. The molecule has 0 unspecified atom stereocenters. The molecule has 30 heavy (non-hydrogen) atoms. The van der Waals surface area contributed by atoms with Crippen LogP contribution in [0.2, 0.25) is 0 Å². The number of hydrogen-bond acceptors (Lipinski definition) is 5. The molecule has 4 rings (SSSR count). The lowest BCUT2D eigenvalue weighted by Gasteiger charge is -2.17. The van der Waals surface area contributed by atoms with Gasteiger partial charge in [0, 0.05) is 28.6 Å². The van der Waals surface area contributed by atoms with Gasteiger partial charge in [-0.15, -0.1) is 0 Å². The number of carbonyl (C=O) groups is 2. The molecular weight excluding hydrogens is 384 g/mol. The molecule has 0 spiro atoms. The number of carbonyl (C=O) groups excluding carboxylic acids is 1. The highest BCUT2D eigenvalue weighted by Crippen LogP contribution is 2.41. The van der Waals surface area contributed by atoms with Crippen molar-refractivity contribution in [3.63, 3.8) is 0 Å². The molecule has 1 N–H and O–H groups in total. The van der Waals surface area contributed by atoms with Crippen LogP contribution >= 0.6 is 0 Å². The van der Waals surface area contributed by atoms with Gasteiger partial charge < -0.3 is 14.3 Å². The van der Waals surface area contributed by atoms with E-state index in [9.17, 15) is 19.5 Å². The minimum atomic E-state index is -1.06. The van der Waals surface area contributed by atoms with Crippen LogP contribution in [0.3, 0.4) is 0 Å². The molecule has 0 fully saturated rings. The lowest BCUT2D eigenvalue weighted by molar-refractivity contribution is -0.137. The number of esters is 1. The number of carboxylic acid groups (broad SMARTS) is 1. The molecule has 6 nitrogen and oxygen atoms in total. The van der Waals surface area contributed by atoms with Gasteiger partial charge in [-0.05, 0) is 35.9 Å². The van der Waals surface area contributed by atoms with E-state index < -0.39 is 5.97 Å². The maximum atomic E-state index is 12.0. The first kappa shape index (κ1) is 19.4. The summed E-state index contributed by atoms with van der Waals surface area (Å²) in [6.45, 7) is 3.47. The van der Waals surface area contributed by atoms with Crippen molar-refractivity contribution in [2.45, 2.75) is 13.8 Å². The maximum Gasteiger partial charge on any atom is 0.336 e. The van der Waals surface area contributed by atoms with E-state index in [-0.39, 0.29) is 22.9 Å². The van der Waals surface area contributed by atoms with Crippen LogP contribution in [0.4, 0.5) is 0 Å². The number of ether oxygens (including phenoxy) is 1. The molecule has 0 saturated carbocycles. The van der Waals surface area contributed by atoms with E-state index >= 15 is 0 Å². The zero-order valence-electron chi connectivity index (χ0n) is 16.3. The van der Waals surface area contributed by atoms with Crippen LogP contribution in [0, 0.1) is 5.92 Å². The molecular formula is C24H18O6. The number of rotatable bonds is 4. The second kappa shape index (κ2) is 7.48. The topological polar surface area (TPSA) is 93.8 Å². The molecule has 150 valence electrons. The van der Waals surface area contributed by atoms with Gasteiger partial charge in [-0.25, -0.2) is 4.79 Å². The summed E-state index contributed by atoms with van der Waals surface area (Å²) in [6, 6.07) is 16.0. The maximum absolute atomic E-state index is 12.0. The minimum Gasteiger partial charge on any atom is -0.478 e. The summed E-state index contributed by atoms with van der Waals surface area (Å²) in [7, 11) is 0. The van der Waals surface area contributed by atoms with E-state index in [0.717, 1.165) is 0 Å². The van der Waals surface area contributed by atoms with Crippen molar-refractivity contribution in [1.82, 2.24) is 0 Å². The van der Waals surface area contributed by atoms with Crippen LogP contribution < -0.4 is 10.2 Å². The van der Waals surface area contributed by atoms with Gasteiger partial charge in [0.25, 0.3) is 0 Å². The summed E-state index contributed by atoms with van der Waals surface area (Å²) in [5.74, 6) is -1.11. The normalized spacial score (nSPS) is 11.2. The number of benzene rings is 3. The van der Waals surface area contributed by atoms with Gasteiger partial charge in [0.1, 0.15) is 17.1 Å². The average Bonchev–Trinajstić information content (AvgIpc) is 2.71. The molecule has 2 aliphatic rings. The van der Waals surface area contributed by atoms with Crippen LogP contribution in [0.25, 0.3) is 33.4 Å². The second-order valence-electron chi connectivity index (χ2n) is 7.22. The van der Waals surface area contributed by atoms with E-state index in [1.165, 1.54) is 18.2 Å². The van der Waals surface area contributed by atoms with E-state index in [4.69, 9.17) is 9.15 Å². The minimum absolute atomic E-state index is 0.132.